The second kappa shape index (κ2) is 5.23. The molecule has 7 heteroatoms. The first kappa shape index (κ1) is 13.3. The Hall–Kier alpha value is -2.15. The van der Waals surface area contributed by atoms with E-state index in [9.17, 15) is 9.59 Å². The predicted octanol–water partition coefficient (Wildman–Crippen LogP) is 2.23. The highest BCUT2D eigenvalue weighted by Crippen LogP contribution is 2.20. The van der Waals surface area contributed by atoms with Gasteiger partial charge in [-0.25, -0.2) is 9.78 Å². The summed E-state index contributed by atoms with van der Waals surface area (Å²) in [5.74, 6) is -1.97. The minimum absolute atomic E-state index is 0.153. The van der Waals surface area contributed by atoms with E-state index in [1.54, 1.807) is 13.1 Å². The predicted molar refractivity (Wildman–Crippen MR) is 68.4 cm³/mol. The number of furan rings is 1. The monoisotopic (exact) mass is 280 g/mol. The van der Waals surface area contributed by atoms with E-state index in [0.29, 0.717) is 0 Å². The van der Waals surface area contributed by atoms with Crippen molar-refractivity contribution in [1.29, 1.82) is 0 Å². The summed E-state index contributed by atoms with van der Waals surface area (Å²) in [5.41, 5.74) is -0.153. The molecule has 1 unspecified atom stereocenters. The molecule has 100 valence electrons. The molecule has 2 aromatic rings. The van der Waals surface area contributed by atoms with Crippen LogP contribution in [0.1, 0.15) is 43.8 Å². The Morgan fingerprint density at radius 1 is 1.53 bits per heavy atom. The van der Waals surface area contributed by atoms with E-state index in [2.05, 4.69) is 10.3 Å². The summed E-state index contributed by atoms with van der Waals surface area (Å²) in [5, 5.41) is 12.3. The molecule has 1 amide bonds. The second-order valence-electron chi connectivity index (χ2n) is 3.97. The van der Waals surface area contributed by atoms with Crippen LogP contribution < -0.4 is 5.32 Å². The molecule has 2 aromatic heterocycles. The van der Waals surface area contributed by atoms with Gasteiger partial charge in [0, 0.05) is 11.1 Å². The fourth-order valence-electron chi connectivity index (χ4n) is 1.55. The quantitative estimate of drug-likeness (QED) is 0.896. The number of aryl methyl sites for hydroxylation is 1. The fraction of sp³-hybridized carbons (Fsp3) is 0.250. The van der Waals surface area contributed by atoms with Crippen molar-refractivity contribution >= 4 is 23.2 Å². The summed E-state index contributed by atoms with van der Waals surface area (Å²) in [6, 6.07) is 0.938. The van der Waals surface area contributed by atoms with Gasteiger partial charge >= 0.3 is 5.97 Å². The molecule has 0 aliphatic rings. The number of hydrogen-bond acceptors (Lipinski definition) is 5. The van der Waals surface area contributed by atoms with Crippen LogP contribution in [0.5, 0.6) is 0 Å². The van der Waals surface area contributed by atoms with Gasteiger partial charge in [-0.3, -0.25) is 4.79 Å². The normalized spacial score (nSPS) is 12.1. The zero-order valence-electron chi connectivity index (χ0n) is 10.3. The average molecular weight is 280 g/mol. The van der Waals surface area contributed by atoms with Crippen molar-refractivity contribution in [2.45, 2.75) is 19.9 Å². The number of carbonyl (C=O) groups is 2. The number of aromatic carboxylic acids is 1. The molecule has 0 aromatic carbocycles. The van der Waals surface area contributed by atoms with Gasteiger partial charge in [-0.15, -0.1) is 11.3 Å². The van der Waals surface area contributed by atoms with E-state index in [1.165, 1.54) is 23.7 Å². The van der Waals surface area contributed by atoms with Gasteiger partial charge < -0.3 is 14.8 Å². The van der Waals surface area contributed by atoms with E-state index < -0.39 is 11.9 Å². The van der Waals surface area contributed by atoms with Crippen LogP contribution >= 0.6 is 11.3 Å². The molecule has 0 spiro atoms. The van der Waals surface area contributed by atoms with Crippen molar-refractivity contribution in [1.82, 2.24) is 10.3 Å². The number of carboxylic acid groups (broad SMARTS) is 1. The van der Waals surface area contributed by atoms with Crippen molar-refractivity contribution in [2.75, 3.05) is 0 Å². The van der Waals surface area contributed by atoms with Gasteiger partial charge in [0.2, 0.25) is 5.76 Å². The van der Waals surface area contributed by atoms with Crippen molar-refractivity contribution in [3.63, 3.8) is 0 Å². The number of nitrogens with one attached hydrogen (secondary N) is 1. The molecule has 0 aliphatic heterocycles. The third-order valence-corrected chi connectivity index (χ3v) is 3.55. The van der Waals surface area contributed by atoms with Crippen LogP contribution in [0.25, 0.3) is 0 Å². The van der Waals surface area contributed by atoms with Crippen LogP contribution in [0.15, 0.2) is 22.9 Å². The Bertz CT molecular complexity index is 617. The number of thiazole rings is 1. The van der Waals surface area contributed by atoms with Gasteiger partial charge in [0.15, 0.2) is 0 Å². The molecule has 2 rings (SSSR count). The molecule has 0 fully saturated rings. The van der Waals surface area contributed by atoms with Crippen LogP contribution in [-0.2, 0) is 0 Å². The number of carboxylic acids is 1. The SMILES string of the molecule is Cc1cnc(C(C)NC(=O)c2occc2C(=O)O)s1. The van der Waals surface area contributed by atoms with Crippen molar-refractivity contribution in [3.05, 3.63) is 39.7 Å². The van der Waals surface area contributed by atoms with Gasteiger partial charge in [0.25, 0.3) is 5.91 Å². The lowest BCUT2D eigenvalue weighted by Gasteiger charge is -2.10. The average Bonchev–Trinajstić information content (AvgIpc) is 2.96. The number of aromatic nitrogens is 1. The number of carbonyl (C=O) groups excluding carboxylic acids is 1. The molecule has 19 heavy (non-hydrogen) atoms. The number of hydrogen-bond donors (Lipinski definition) is 2. The van der Waals surface area contributed by atoms with Crippen LogP contribution in [0.4, 0.5) is 0 Å². The summed E-state index contributed by atoms with van der Waals surface area (Å²) in [4.78, 5) is 28.0. The van der Waals surface area contributed by atoms with Crippen molar-refractivity contribution in [2.24, 2.45) is 0 Å². The molecule has 0 bridgehead atoms. The highest BCUT2D eigenvalue weighted by molar-refractivity contribution is 7.11. The molecule has 2 heterocycles. The zero-order valence-corrected chi connectivity index (χ0v) is 11.2. The van der Waals surface area contributed by atoms with E-state index >= 15 is 0 Å². The Labute approximate surface area is 113 Å². The largest absolute Gasteiger partial charge is 0.478 e. The molecule has 0 saturated carbocycles. The Kier molecular flexibility index (Phi) is 3.66. The highest BCUT2D eigenvalue weighted by Gasteiger charge is 2.22. The third kappa shape index (κ3) is 2.82. The van der Waals surface area contributed by atoms with E-state index in [-0.39, 0.29) is 17.4 Å². The van der Waals surface area contributed by atoms with Crippen LogP contribution in [0, 0.1) is 6.92 Å². The molecule has 1 atom stereocenters. The van der Waals surface area contributed by atoms with Crippen molar-refractivity contribution < 1.29 is 19.1 Å². The first-order valence-corrected chi connectivity index (χ1v) is 6.34. The van der Waals surface area contributed by atoms with E-state index in [1.807, 2.05) is 6.92 Å². The van der Waals surface area contributed by atoms with Crippen LogP contribution in [-0.4, -0.2) is 22.0 Å². The molecule has 0 aliphatic carbocycles. The highest BCUT2D eigenvalue weighted by atomic mass is 32.1. The van der Waals surface area contributed by atoms with Gasteiger partial charge in [-0.2, -0.15) is 0 Å². The minimum Gasteiger partial charge on any atom is -0.478 e. The molecule has 2 N–H and O–H groups in total. The number of nitrogens with zero attached hydrogens (tertiary/aromatic N) is 1. The maximum Gasteiger partial charge on any atom is 0.339 e. The van der Waals surface area contributed by atoms with E-state index in [4.69, 9.17) is 9.52 Å². The van der Waals surface area contributed by atoms with E-state index in [0.717, 1.165) is 9.88 Å². The lowest BCUT2D eigenvalue weighted by atomic mass is 10.2. The Balaban J connectivity index is 2.13. The summed E-state index contributed by atoms with van der Waals surface area (Å²) < 4.78 is 4.92. The smallest absolute Gasteiger partial charge is 0.339 e. The molecule has 0 radical (unpaired) electrons. The fourth-order valence-corrected chi connectivity index (χ4v) is 2.33. The van der Waals surface area contributed by atoms with Gasteiger partial charge in [-0.05, 0) is 19.9 Å². The molecular weight excluding hydrogens is 268 g/mol. The maximum atomic E-state index is 11.9. The van der Waals surface area contributed by atoms with Gasteiger partial charge in [0.05, 0.1) is 12.3 Å². The summed E-state index contributed by atoms with van der Waals surface area (Å²) in [6.45, 7) is 3.70. The first-order valence-electron chi connectivity index (χ1n) is 5.53. The zero-order chi connectivity index (χ0) is 14.0. The van der Waals surface area contributed by atoms with Gasteiger partial charge in [0.1, 0.15) is 10.6 Å². The molecule has 0 saturated heterocycles. The third-order valence-electron chi connectivity index (χ3n) is 2.46. The van der Waals surface area contributed by atoms with Crippen LogP contribution in [0.3, 0.4) is 0 Å². The van der Waals surface area contributed by atoms with Crippen LogP contribution in [0.2, 0.25) is 0 Å². The minimum atomic E-state index is -1.20. The number of rotatable bonds is 4. The molecule has 6 nitrogen and oxygen atoms in total. The lowest BCUT2D eigenvalue weighted by molar-refractivity contribution is 0.0687. The number of amides is 1. The van der Waals surface area contributed by atoms with Crippen molar-refractivity contribution in [3.8, 4) is 0 Å². The standard InChI is InChI=1S/C12H12N2O4S/c1-6-5-13-11(19-6)7(2)14-10(15)9-8(12(16)17)3-4-18-9/h3-5,7H,1-2H3,(H,14,15)(H,16,17). The topological polar surface area (TPSA) is 92.4 Å². The Morgan fingerprint density at radius 3 is 2.84 bits per heavy atom. The molecular formula is C12H12N2O4S. The summed E-state index contributed by atoms with van der Waals surface area (Å²) in [7, 11) is 0. The summed E-state index contributed by atoms with van der Waals surface area (Å²) >= 11 is 1.47. The lowest BCUT2D eigenvalue weighted by Crippen LogP contribution is -2.27. The second-order valence-corrected chi connectivity index (χ2v) is 5.24. The van der Waals surface area contributed by atoms with Gasteiger partial charge in [-0.1, -0.05) is 0 Å². The Morgan fingerprint density at radius 2 is 2.26 bits per heavy atom. The summed E-state index contributed by atoms with van der Waals surface area (Å²) in [6.07, 6.45) is 2.90. The first-order chi connectivity index (χ1) is 8.99. The maximum absolute atomic E-state index is 11.9.